The van der Waals surface area contributed by atoms with Crippen LogP contribution in [0, 0.1) is 0 Å². The first-order chi connectivity index (χ1) is 7.17. The highest BCUT2D eigenvalue weighted by atomic mass is 16.6. The number of hydrazine groups is 2. The van der Waals surface area contributed by atoms with E-state index in [2.05, 4.69) is 4.74 Å². The summed E-state index contributed by atoms with van der Waals surface area (Å²) in [6, 6.07) is 0. The molecule has 0 aliphatic carbocycles. The Morgan fingerprint density at radius 3 is 2.33 bits per heavy atom. The number of nitrogens with two attached hydrogens (primary N) is 2. The van der Waals surface area contributed by atoms with Gasteiger partial charge in [-0.1, -0.05) is 0 Å². The lowest BCUT2D eigenvalue weighted by atomic mass is 10.6. The molecular formula is C6H13N5O4. The average Bonchev–Trinajstić information content (AvgIpc) is 3.06. The molecule has 1 aliphatic heterocycles. The van der Waals surface area contributed by atoms with Gasteiger partial charge in [0.2, 0.25) is 0 Å². The largest absolute Gasteiger partial charge is 0.443 e. The fourth-order valence-electron chi connectivity index (χ4n) is 0.906. The number of hydrogen-bond acceptors (Lipinski definition) is 7. The van der Waals surface area contributed by atoms with Gasteiger partial charge in [-0.15, -0.1) is 0 Å². The first kappa shape index (κ1) is 11.5. The quantitative estimate of drug-likeness (QED) is 0.183. The van der Waals surface area contributed by atoms with Crippen LogP contribution in [0.1, 0.15) is 0 Å². The van der Waals surface area contributed by atoms with Gasteiger partial charge in [0, 0.05) is 13.1 Å². The van der Waals surface area contributed by atoms with Crippen LogP contribution in [0.5, 0.6) is 0 Å². The number of amides is 2. The summed E-state index contributed by atoms with van der Waals surface area (Å²) in [7, 11) is 0. The van der Waals surface area contributed by atoms with Crippen molar-refractivity contribution in [1.29, 1.82) is 0 Å². The lowest BCUT2D eigenvalue weighted by Crippen LogP contribution is -2.40. The van der Waals surface area contributed by atoms with Gasteiger partial charge in [-0.3, -0.25) is 15.8 Å². The third-order valence-electron chi connectivity index (χ3n) is 1.72. The van der Waals surface area contributed by atoms with Crippen molar-refractivity contribution in [1.82, 2.24) is 15.8 Å². The molecule has 0 saturated carbocycles. The van der Waals surface area contributed by atoms with Crippen LogP contribution in [-0.2, 0) is 9.47 Å². The molecule has 9 heteroatoms. The summed E-state index contributed by atoms with van der Waals surface area (Å²) in [5, 5.41) is 0. The molecule has 1 heterocycles. The second-order valence-corrected chi connectivity index (χ2v) is 2.78. The lowest BCUT2D eigenvalue weighted by molar-refractivity contribution is -0.00415. The molecule has 1 fully saturated rings. The van der Waals surface area contributed by atoms with Crippen molar-refractivity contribution in [3.8, 4) is 0 Å². The molecule has 0 aromatic heterocycles. The minimum Gasteiger partial charge on any atom is -0.443 e. The number of nitrogens with zero attached hydrogens (tertiary/aromatic N) is 1. The zero-order valence-corrected chi connectivity index (χ0v) is 7.93. The predicted octanol–water partition coefficient (Wildman–Crippen LogP) is -2.17. The minimum absolute atomic E-state index is 0.101. The van der Waals surface area contributed by atoms with Crippen molar-refractivity contribution >= 4 is 12.2 Å². The van der Waals surface area contributed by atoms with Gasteiger partial charge in [0.1, 0.15) is 6.61 Å². The summed E-state index contributed by atoms with van der Waals surface area (Å²) >= 11 is 0. The zero-order chi connectivity index (χ0) is 11.3. The predicted molar refractivity (Wildman–Crippen MR) is 47.8 cm³/mol. The van der Waals surface area contributed by atoms with E-state index in [1.807, 2.05) is 5.43 Å². The van der Waals surface area contributed by atoms with Crippen molar-refractivity contribution in [3.05, 3.63) is 0 Å². The van der Waals surface area contributed by atoms with E-state index < -0.39 is 18.4 Å². The van der Waals surface area contributed by atoms with Gasteiger partial charge >= 0.3 is 12.2 Å². The summed E-state index contributed by atoms with van der Waals surface area (Å²) in [4.78, 5) is 23.2. The smallest absolute Gasteiger partial charge is 0.423 e. The van der Waals surface area contributed by atoms with E-state index in [1.165, 1.54) is 0 Å². The van der Waals surface area contributed by atoms with Crippen LogP contribution < -0.4 is 22.5 Å². The highest BCUT2D eigenvalue weighted by Gasteiger charge is 2.31. The van der Waals surface area contributed by atoms with E-state index in [9.17, 15) is 9.59 Å². The number of nitrogens with one attached hydrogen (secondary N) is 2. The molecule has 1 rings (SSSR count). The van der Waals surface area contributed by atoms with Crippen LogP contribution >= 0.6 is 0 Å². The zero-order valence-electron chi connectivity index (χ0n) is 7.93. The Morgan fingerprint density at radius 1 is 1.27 bits per heavy atom. The highest BCUT2D eigenvalue weighted by Crippen LogP contribution is 2.12. The van der Waals surface area contributed by atoms with Crippen LogP contribution in [0.4, 0.5) is 9.59 Å². The van der Waals surface area contributed by atoms with Crippen LogP contribution in [0.2, 0.25) is 0 Å². The molecule has 6 N–H and O–H groups in total. The van der Waals surface area contributed by atoms with E-state index in [0.29, 0.717) is 0 Å². The molecule has 0 bridgehead atoms. The molecule has 15 heavy (non-hydrogen) atoms. The summed E-state index contributed by atoms with van der Waals surface area (Å²) in [5.41, 5.74) is 3.60. The van der Waals surface area contributed by atoms with Crippen LogP contribution in [0.15, 0.2) is 0 Å². The van der Waals surface area contributed by atoms with Crippen molar-refractivity contribution in [2.24, 2.45) is 11.7 Å². The van der Waals surface area contributed by atoms with Gasteiger partial charge in [-0.2, -0.15) is 0 Å². The molecule has 1 saturated heterocycles. The second-order valence-electron chi connectivity index (χ2n) is 2.78. The standard InChI is InChI=1S/C6H13N5O4/c7-9-5(12)14-3-4(11-1-2-11)15-6(13)10-8/h4H,1-3,7-8H2,(H,9,12)(H,10,13). The average molecular weight is 219 g/mol. The molecule has 0 radical (unpaired) electrons. The number of ether oxygens (including phenoxy) is 2. The Balaban J connectivity index is 2.30. The molecular weight excluding hydrogens is 206 g/mol. The number of hydrogen-bond donors (Lipinski definition) is 4. The van der Waals surface area contributed by atoms with E-state index in [0.717, 1.165) is 13.1 Å². The van der Waals surface area contributed by atoms with Crippen molar-refractivity contribution in [2.75, 3.05) is 19.7 Å². The number of rotatable bonds is 4. The molecule has 1 unspecified atom stereocenters. The fourth-order valence-corrected chi connectivity index (χ4v) is 0.906. The highest BCUT2D eigenvalue weighted by molar-refractivity contribution is 5.67. The second kappa shape index (κ2) is 5.34. The van der Waals surface area contributed by atoms with Gasteiger partial charge < -0.3 is 9.47 Å². The normalized spacial score (nSPS) is 16.4. The van der Waals surface area contributed by atoms with Crippen LogP contribution in [-0.4, -0.2) is 43.0 Å². The Labute approximate surface area is 85.6 Å². The number of carbonyl (C=O) groups is 2. The van der Waals surface area contributed by atoms with Gasteiger partial charge in [0.05, 0.1) is 0 Å². The fraction of sp³-hybridized carbons (Fsp3) is 0.667. The molecule has 86 valence electrons. The third kappa shape index (κ3) is 3.97. The first-order valence-electron chi connectivity index (χ1n) is 4.22. The molecule has 9 nitrogen and oxygen atoms in total. The molecule has 1 atom stereocenters. The van der Waals surface area contributed by atoms with E-state index in [-0.39, 0.29) is 6.61 Å². The van der Waals surface area contributed by atoms with Gasteiger partial charge in [0.15, 0.2) is 6.23 Å². The Kier molecular flexibility index (Phi) is 4.09. The maximum atomic E-state index is 10.8. The van der Waals surface area contributed by atoms with E-state index in [4.69, 9.17) is 16.4 Å². The van der Waals surface area contributed by atoms with Crippen LogP contribution in [0.3, 0.4) is 0 Å². The Bertz CT molecular complexity index is 244. The summed E-state index contributed by atoms with van der Waals surface area (Å²) in [5.74, 6) is 9.64. The summed E-state index contributed by atoms with van der Waals surface area (Å²) < 4.78 is 9.46. The lowest BCUT2D eigenvalue weighted by Gasteiger charge is -2.17. The van der Waals surface area contributed by atoms with Gasteiger partial charge in [0.25, 0.3) is 0 Å². The molecule has 0 aromatic rings. The van der Waals surface area contributed by atoms with Crippen molar-refractivity contribution in [2.45, 2.75) is 6.23 Å². The first-order valence-corrected chi connectivity index (χ1v) is 4.22. The maximum Gasteiger partial charge on any atom is 0.423 e. The van der Waals surface area contributed by atoms with Gasteiger partial charge in [-0.05, 0) is 0 Å². The Hall–Kier alpha value is -1.58. The van der Waals surface area contributed by atoms with Crippen molar-refractivity contribution in [3.63, 3.8) is 0 Å². The van der Waals surface area contributed by atoms with E-state index in [1.54, 1.807) is 10.3 Å². The minimum atomic E-state index is -0.793. The molecule has 1 aliphatic rings. The summed E-state index contributed by atoms with van der Waals surface area (Å²) in [6.45, 7) is 1.45. The van der Waals surface area contributed by atoms with Crippen molar-refractivity contribution < 1.29 is 19.1 Å². The third-order valence-corrected chi connectivity index (χ3v) is 1.72. The summed E-state index contributed by atoms with van der Waals surface area (Å²) in [6.07, 6.45) is -2.21. The van der Waals surface area contributed by atoms with E-state index >= 15 is 0 Å². The molecule has 0 spiro atoms. The Morgan fingerprint density at radius 2 is 1.87 bits per heavy atom. The monoisotopic (exact) mass is 219 g/mol. The maximum absolute atomic E-state index is 10.8. The topological polar surface area (TPSA) is 132 Å². The number of carbonyl (C=O) groups excluding carboxylic acids is 2. The SMILES string of the molecule is NNC(=O)OCC(OC(=O)NN)N1CC1. The molecule has 2 amide bonds. The molecule has 0 aromatic carbocycles. The van der Waals surface area contributed by atoms with Gasteiger partial charge in [-0.25, -0.2) is 21.3 Å². The van der Waals surface area contributed by atoms with Crippen LogP contribution in [0.25, 0.3) is 0 Å².